The zero-order valence-corrected chi connectivity index (χ0v) is 13.6. The number of nitrogens with zero attached hydrogens (tertiary/aromatic N) is 2. The molecular formula is C13H24N4O3S. The number of ether oxygens (including phenoxy) is 1. The quantitative estimate of drug-likeness (QED) is 0.620. The van der Waals surface area contributed by atoms with Gasteiger partial charge in [0, 0.05) is 27.3 Å². The molecule has 8 heteroatoms. The Morgan fingerprint density at radius 3 is 2.90 bits per heavy atom. The van der Waals surface area contributed by atoms with Crippen LogP contribution in [0.1, 0.15) is 29.4 Å². The third-order valence-corrected chi connectivity index (χ3v) is 4.10. The van der Waals surface area contributed by atoms with Crippen LogP contribution in [0.4, 0.5) is 10.9 Å². The number of nitrogens with two attached hydrogens (primary N) is 1. The maximum Gasteiger partial charge on any atom is 0.265 e. The third-order valence-electron chi connectivity index (χ3n) is 2.91. The maximum absolute atomic E-state index is 12.2. The van der Waals surface area contributed by atoms with Crippen molar-refractivity contribution in [2.45, 2.75) is 25.8 Å². The van der Waals surface area contributed by atoms with Gasteiger partial charge >= 0.3 is 0 Å². The standard InChI is InChI=1S/C13H24N4O3S/c1-4-6-17(2)13-16-11(14)10(21-13)12(19)15-9(5-7-18)8-20-3/h9,18H,4-8,14H2,1-3H3,(H,15,19). The third kappa shape index (κ3) is 5.14. The molecule has 0 spiro atoms. The van der Waals surface area contributed by atoms with Crippen molar-refractivity contribution in [1.29, 1.82) is 0 Å². The predicted molar refractivity (Wildman–Crippen MR) is 84.9 cm³/mol. The molecule has 1 aromatic heterocycles. The molecule has 0 saturated heterocycles. The summed E-state index contributed by atoms with van der Waals surface area (Å²) >= 11 is 1.27. The fraction of sp³-hybridized carbons (Fsp3) is 0.692. The highest BCUT2D eigenvalue weighted by Crippen LogP contribution is 2.27. The SMILES string of the molecule is CCCN(C)c1nc(N)c(C(=O)NC(CCO)COC)s1. The number of amides is 1. The van der Waals surface area contributed by atoms with Crippen molar-refractivity contribution in [3.63, 3.8) is 0 Å². The Hall–Kier alpha value is -1.38. The summed E-state index contributed by atoms with van der Waals surface area (Å²) in [4.78, 5) is 18.8. The van der Waals surface area contributed by atoms with Gasteiger partial charge in [-0.2, -0.15) is 0 Å². The number of methoxy groups -OCH3 is 1. The molecule has 4 N–H and O–H groups in total. The topological polar surface area (TPSA) is 101 Å². The maximum atomic E-state index is 12.2. The van der Waals surface area contributed by atoms with Gasteiger partial charge in [-0.15, -0.1) is 0 Å². The average Bonchev–Trinajstić information content (AvgIpc) is 2.82. The number of aliphatic hydroxyl groups excluding tert-OH is 1. The van der Waals surface area contributed by atoms with Gasteiger partial charge in [0.1, 0.15) is 10.7 Å². The van der Waals surface area contributed by atoms with Crippen molar-refractivity contribution in [3.05, 3.63) is 4.88 Å². The van der Waals surface area contributed by atoms with Gasteiger partial charge in [0.2, 0.25) is 0 Å². The molecule has 0 radical (unpaired) electrons. The molecule has 1 rings (SSSR count). The van der Waals surface area contributed by atoms with E-state index in [0.717, 1.165) is 18.1 Å². The lowest BCUT2D eigenvalue weighted by atomic mass is 10.2. The molecular weight excluding hydrogens is 292 g/mol. The number of hydrogen-bond donors (Lipinski definition) is 3. The van der Waals surface area contributed by atoms with Crippen molar-refractivity contribution >= 4 is 28.2 Å². The van der Waals surface area contributed by atoms with Crippen LogP contribution < -0.4 is 16.0 Å². The zero-order chi connectivity index (χ0) is 15.8. The molecule has 1 amide bonds. The molecule has 0 fully saturated rings. The second-order valence-electron chi connectivity index (χ2n) is 4.77. The first-order valence-corrected chi connectivity index (χ1v) is 7.73. The van der Waals surface area contributed by atoms with Crippen molar-refractivity contribution in [2.75, 3.05) is 44.5 Å². The summed E-state index contributed by atoms with van der Waals surface area (Å²) < 4.78 is 5.02. The molecule has 0 aliphatic rings. The molecule has 0 aliphatic heterocycles. The fourth-order valence-corrected chi connectivity index (χ4v) is 2.76. The van der Waals surface area contributed by atoms with Crippen LogP contribution in [0.3, 0.4) is 0 Å². The Morgan fingerprint density at radius 1 is 1.62 bits per heavy atom. The number of aromatic nitrogens is 1. The Morgan fingerprint density at radius 2 is 2.33 bits per heavy atom. The van der Waals surface area contributed by atoms with Gasteiger partial charge in [0.25, 0.3) is 5.91 Å². The fourth-order valence-electron chi connectivity index (χ4n) is 1.88. The van der Waals surface area contributed by atoms with Crippen LogP contribution in [0, 0.1) is 0 Å². The number of hydrogen-bond acceptors (Lipinski definition) is 7. The van der Waals surface area contributed by atoms with Crippen LogP contribution in [0.5, 0.6) is 0 Å². The zero-order valence-electron chi connectivity index (χ0n) is 12.8. The lowest BCUT2D eigenvalue weighted by molar-refractivity contribution is 0.0883. The van der Waals surface area contributed by atoms with Crippen LogP contribution in [0.25, 0.3) is 0 Å². The molecule has 7 nitrogen and oxygen atoms in total. The summed E-state index contributed by atoms with van der Waals surface area (Å²) in [7, 11) is 3.47. The number of anilines is 2. The molecule has 120 valence electrons. The molecule has 0 aliphatic carbocycles. The van der Waals surface area contributed by atoms with E-state index in [1.54, 1.807) is 7.11 Å². The number of aliphatic hydroxyl groups is 1. The first-order chi connectivity index (χ1) is 10.0. The van der Waals surface area contributed by atoms with Gasteiger partial charge in [-0.25, -0.2) is 4.98 Å². The van der Waals surface area contributed by atoms with Crippen molar-refractivity contribution in [2.24, 2.45) is 0 Å². The summed E-state index contributed by atoms with van der Waals surface area (Å²) in [6.45, 7) is 3.25. The Balaban J connectivity index is 2.77. The number of carbonyl (C=O) groups excluding carboxylic acids is 1. The summed E-state index contributed by atoms with van der Waals surface area (Å²) in [5.74, 6) is -0.0488. The van der Waals surface area contributed by atoms with Gasteiger partial charge in [-0.1, -0.05) is 18.3 Å². The average molecular weight is 316 g/mol. The van der Waals surface area contributed by atoms with E-state index < -0.39 is 0 Å². The van der Waals surface area contributed by atoms with E-state index in [9.17, 15) is 4.79 Å². The number of nitrogens with one attached hydrogen (secondary N) is 1. The van der Waals surface area contributed by atoms with E-state index in [-0.39, 0.29) is 24.4 Å². The van der Waals surface area contributed by atoms with Gasteiger partial charge in [0.05, 0.1) is 12.6 Å². The minimum Gasteiger partial charge on any atom is -0.396 e. The molecule has 1 heterocycles. The first-order valence-electron chi connectivity index (χ1n) is 6.91. The van der Waals surface area contributed by atoms with Crippen molar-refractivity contribution < 1.29 is 14.6 Å². The first kappa shape index (κ1) is 17.7. The number of thiazole rings is 1. The molecule has 1 atom stereocenters. The molecule has 21 heavy (non-hydrogen) atoms. The van der Waals surface area contributed by atoms with Crippen LogP contribution in [0.15, 0.2) is 0 Å². The number of rotatable bonds is 9. The van der Waals surface area contributed by atoms with Crippen LogP contribution >= 0.6 is 11.3 Å². The van der Waals surface area contributed by atoms with E-state index in [1.165, 1.54) is 11.3 Å². The number of nitrogen functional groups attached to an aromatic ring is 1. The second-order valence-corrected chi connectivity index (χ2v) is 5.75. The molecule has 1 aromatic rings. The highest BCUT2D eigenvalue weighted by atomic mass is 32.1. The lowest BCUT2D eigenvalue weighted by Crippen LogP contribution is -2.38. The van der Waals surface area contributed by atoms with Gasteiger partial charge in [0.15, 0.2) is 5.13 Å². The van der Waals surface area contributed by atoms with Gasteiger partial charge < -0.3 is 25.8 Å². The minimum atomic E-state index is -0.281. The van der Waals surface area contributed by atoms with Gasteiger partial charge in [-0.3, -0.25) is 4.79 Å². The van der Waals surface area contributed by atoms with E-state index >= 15 is 0 Å². The van der Waals surface area contributed by atoms with Crippen LogP contribution in [0.2, 0.25) is 0 Å². The Kier molecular flexibility index (Phi) is 7.41. The minimum absolute atomic E-state index is 0.0169. The molecule has 0 aromatic carbocycles. The van der Waals surface area contributed by atoms with E-state index in [4.69, 9.17) is 15.6 Å². The predicted octanol–water partition coefficient (Wildman–Crippen LogP) is 0.699. The summed E-state index contributed by atoms with van der Waals surface area (Å²) in [5, 5.41) is 12.5. The summed E-state index contributed by atoms with van der Waals surface area (Å²) in [6, 6.07) is -0.245. The highest BCUT2D eigenvalue weighted by molar-refractivity contribution is 7.18. The lowest BCUT2D eigenvalue weighted by Gasteiger charge is -2.16. The highest BCUT2D eigenvalue weighted by Gasteiger charge is 2.20. The van der Waals surface area contributed by atoms with E-state index in [1.807, 2.05) is 11.9 Å². The van der Waals surface area contributed by atoms with E-state index in [0.29, 0.717) is 17.9 Å². The van der Waals surface area contributed by atoms with Crippen molar-refractivity contribution in [1.82, 2.24) is 10.3 Å². The summed E-state index contributed by atoms with van der Waals surface area (Å²) in [5.41, 5.74) is 5.83. The van der Waals surface area contributed by atoms with Gasteiger partial charge in [-0.05, 0) is 12.8 Å². The molecule has 1 unspecified atom stereocenters. The monoisotopic (exact) mass is 316 g/mol. The number of carbonyl (C=O) groups is 1. The Labute approximate surface area is 129 Å². The van der Waals surface area contributed by atoms with Crippen LogP contribution in [-0.2, 0) is 4.74 Å². The van der Waals surface area contributed by atoms with E-state index in [2.05, 4.69) is 17.2 Å². The summed E-state index contributed by atoms with van der Waals surface area (Å²) in [6.07, 6.45) is 1.42. The molecule has 0 bridgehead atoms. The largest absolute Gasteiger partial charge is 0.396 e. The second kappa shape index (κ2) is 8.81. The molecule has 0 saturated carbocycles. The smallest absolute Gasteiger partial charge is 0.265 e. The van der Waals surface area contributed by atoms with Crippen molar-refractivity contribution in [3.8, 4) is 0 Å². The normalized spacial score (nSPS) is 12.2. The Bertz CT molecular complexity index is 447. The van der Waals surface area contributed by atoms with Crippen LogP contribution in [-0.4, -0.2) is 56.0 Å².